The molecule has 0 saturated heterocycles. The van der Waals surface area contributed by atoms with E-state index in [1.54, 1.807) is 0 Å². The molecule has 1 aromatic carbocycles. The average molecular weight is 401 g/mol. The second-order valence-electron chi connectivity index (χ2n) is 8.71. The van der Waals surface area contributed by atoms with Gasteiger partial charge in [-0.1, -0.05) is 75.9 Å². The topological polar surface area (TPSA) is 36.7 Å². The molecule has 1 atom stereocenters. The quantitative estimate of drug-likeness (QED) is 0.289. The van der Waals surface area contributed by atoms with Gasteiger partial charge in [0.25, 0.3) is 0 Å². The number of hydrogen-bond donors (Lipinski definition) is 0. The summed E-state index contributed by atoms with van der Waals surface area (Å²) in [4.78, 5) is 5.26. The molecule has 1 heterocycles. The summed E-state index contributed by atoms with van der Waals surface area (Å²) in [5, 5.41) is 10.2. The number of unbranched alkanes of at least 4 members (excludes halogenated alkanes) is 4. The van der Waals surface area contributed by atoms with Gasteiger partial charge in [0.2, 0.25) is 0 Å². The molecule has 0 N–H and O–H groups in total. The minimum atomic E-state index is -0.512. The van der Waals surface area contributed by atoms with Crippen LogP contribution in [0.15, 0.2) is 43.0 Å². The van der Waals surface area contributed by atoms with Gasteiger partial charge in [-0.3, -0.25) is 4.98 Å². The summed E-state index contributed by atoms with van der Waals surface area (Å²) in [6, 6.07) is 13.5. The summed E-state index contributed by atoms with van der Waals surface area (Å²) in [5.74, 6) is 0. The molecular weight excluding hydrogens is 364 g/mol. The second kappa shape index (κ2) is 10.6. The zero-order valence-electron chi connectivity index (χ0n) is 18.8. The molecule has 0 radical (unpaired) electrons. The van der Waals surface area contributed by atoms with Crippen LogP contribution >= 0.6 is 0 Å². The van der Waals surface area contributed by atoms with Crippen LogP contribution in [0, 0.1) is 11.3 Å². The van der Waals surface area contributed by atoms with Crippen molar-refractivity contribution in [3.63, 3.8) is 0 Å². The Morgan fingerprint density at radius 1 is 1.07 bits per heavy atom. The molecule has 3 rings (SSSR count). The van der Waals surface area contributed by atoms with Gasteiger partial charge in [-0.15, -0.1) is 6.58 Å². The molecule has 0 fully saturated rings. The van der Waals surface area contributed by atoms with Crippen molar-refractivity contribution in [2.45, 2.75) is 89.9 Å². The minimum absolute atomic E-state index is 0.512. The maximum atomic E-state index is 10.2. The molecule has 0 saturated carbocycles. The number of aromatic nitrogens is 1. The number of rotatable bonds is 11. The lowest BCUT2D eigenvalue weighted by Gasteiger charge is -2.24. The fourth-order valence-electron chi connectivity index (χ4n) is 4.93. The van der Waals surface area contributed by atoms with Gasteiger partial charge in [-0.05, 0) is 67.2 Å². The fourth-order valence-corrected chi connectivity index (χ4v) is 4.93. The molecule has 0 unspecified atom stereocenters. The Kier molecular flexibility index (Phi) is 7.86. The van der Waals surface area contributed by atoms with Gasteiger partial charge >= 0.3 is 0 Å². The van der Waals surface area contributed by atoms with Gasteiger partial charge in [-0.2, -0.15) is 5.26 Å². The van der Waals surface area contributed by atoms with Crippen molar-refractivity contribution >= 4 is 0 Å². The van der Waals surface area contributed by atoms with E-state index in [2.05, 4.69) is 56.8 Å². The first-order valence-electron chi connectivity index (χ1n) is 11.8. The molecule has 158 valence electrons. The third-order valence-electron chi connectivity index (χ3n) is 6.56. The van der Waals surface area contributed by atoms with Crippen molar-refractivity contribution < 1.29 is 0 Å². The van der Waals surface area contributed by atoms with E-state index < -0.39 is 5.41 Å². The molecule has 30 heavy (non-hydrogen) atoms. The van der Waals surface area contributed by atoms with Crippen molar-refractivity contribution in [1.29, 1.82) is 5.26 Å². The van der Waals surface area contributed by atoms with Crippen molar-refractivity contribution in [3.8, 4) is 17.2 Å². The Balaban J connectivity index is 2.21. The van der Waals surface area contributed by atoms with Crippen LogP contribution in [0.4, 0.5) is 0 Å². The lowest BCUT2D eigenvalue weighted by atomic mass is 9.81. The molecule has 0 bridgehead atoms. The molecule has 2 heteroatoms. The number of benzene rings is 1. The highest BCUT2D eigenvalue weighted by atomic mass is 14.8. The molecule has 1 aliphatic rings. The van der Waals surface area contributed by atoms with E-state index in [4.69, 9.17) is 4.98 Å². The number of nitriles is 1. The van der Waals surface area contributed by atoms with Gasteiger partial charge in [0.1, 0.15) is 5.41 Å². The van der Waals surface area contributed by atoms with E-state index >= 15 is 0 Å². The highest BCUT2D eigenvalue weighted by Gasteiger charge is 2.42. The first-order chi connectivity index (χ1) is 14.7. The van der Waals surface area contributed by atoms with Crippen LogP contribution in [0.5, 0.6) is 0 Å². The molecule has 0 spiro atoms. The summed E-state index contributed by atoms with van der Waals surface area (Å²) >= 11 is 0. The Labute approximate surface area is 183 Å². The third kappa shape index (κ3) is 4.51. The van der Waals surface area contributed by atoms with Crippen LogP contribution in [-0.2, 0) is 24.7 Å². The van der Waals surface area contributed by atoms with Crippen LogP contribution in [-0.4, -0.2) is 4.98 Å². The van der Waals surface area contributed by atoms with Crippen molar-refractivity contribution in [2.75, 3.05) is 0 Å². The number of allylic oxidation sites excluding steroid dienone is 1. The van der Waals surface area contributed by atoms with Crippen LogP contribution < -0.4 is 0 Å². The van der Waals surface area contributed by atoms with Gasteiger partial charge in [0, 0.05) is 5.69 Å². The largest absolute Gasteiger partial charge is 0.256 e. The number of hydrogen-bond acceptors (Lipinski definition) is 2. The number of aryl methyl sites for hydroxylation is 1. The van der Waals surface area contributed by atoms with E-state index in [0.717, 1.165) is 37.8 Å². The van der Waals surface area contributed by atoms with Gasteiger partial charge < -0.3 is 0 Å². The predicted molar refractivity (Wildman–Crippen MR) is 127 cm³/mol. The molecule has 0 aliphatic heterocycles. The molecule has 1 aromatic heterocycles. The van der Waals surface area contributed by atoms with Crippen LogP contribution in [0.25, 0.3) is 11.1 Å². The van der Waals surface area contributed by atoms with Crippen molar-refractivity contribution in [2.24, 2.45) is 0 Å². The van der Waals surface area contributed by atoms with Crippen LogP contribution in [0.1, 0.15) is 87.7 Å². The smallest absolute Gasteiger partial charge is 0.103 e. The van der Waals surface area contributed by atoms with E-state index in [1.807, 2.05) is 6.08 Å². The summed E-state index contributed by atoms with van der Waals surface area (Å²) in [6.45, 7) is 8.45. The molecule has 0 amide bonds. The summed E-state index contributed by atoms with van der Waals surface area (Å²) in [7, 11) is 0. The second-order valence-corrected chi connectivity index (χ2v) is 8.71. The normalized spacial score (nSPS) is 17.5. The van der Waals surface area contributed by atoms with Crippen molar-refractivity contribution in [3.05, 3.63) is 65.5 Å². The monoisotopic (exact) mass is 400 g/mol. The zero-order valence-corrected chi connectivity index (χ0v) is 18.8. The maximum Gasteiger partial charge on any atom is 0.103 e. The fraction of sp³-hybridized carbons (Fsp3) is 0.500. The summed E-state index contributed by atoms with van der Waals surface area (Å²) in [5.41, 5.74) is 7.18. The number of nitrogens with zero attached hydrogens (tertiary/aromatic N) is 2. The van der Waals surface area contributed by atoms with E-state index in [-0.39, 0.29) is 0 Å². The first-order valence-corrected chi connectivity index (χ1v) is 11.8. The Hall–Kier alpha value is -2.40. The summed E-state index contributed by atoms with van der Waals surface area (Å²) in [6.07, 6.45) is 13.7. The highest BCUT2D eigenvalue weighted by molar-refractivity contribution is 5.74. The average Bonchev–Trinajstić information content (AvgIpc) is 3.13. The third-order valence-corrected chi connectivity index (χ3v) is 6.56. The molecule has 1 aliphatic carbocycles. The first kappa shape index (κ1) is 22.3. The van der Waals surface area contributed by atoms with Crippen molar-refractivity contribution in [1.82, 2.24) is 4.98 Å². The van der Waals surface area contributed by atoms with Crippen LogP contribution in [0.2, 0.25) is 0 Å². The van der Waals surface area contributed by atoms with Gasteiger partial charge in [0.05, 0.1) is 11.8 Å². The predicted octanol–water partition coefficient (Wildman–Crippen LogP) is 7.50. The van der Waals surface area contributed by atoms with Gasteiger partial charge in [-0.25, -0.2) is 0 Å². The Morgan fingerprint density at radius 2 is 1.77 bits per heavy atom. The number of fused-ring (bicyclic) bond motifs is 1. The highest BCUT2D eigenvalue weighted by Crippen LogP contribution is 2.46. The lowest BCUT2D eigenvalue weighted by Crippen LogP contribution is -2.22. The standard InChI is InChI=1S/C28H36N2/c1-4-7-10-16-23-25(17-11-8-5-2)30-27-24(18-20-28(27,21-29)19-6-3)26(23)22-14-12-9-13-15-22/h6,9,12-15H,3-5,7-8,10-11,16-20H2,1-2H3/t28-/m1/s1. The SMILES string of the molecule is C=CC[C@]1(C#N)CCc2c1nc(CCCCC)c(CCCCC)c2-c1ccccc1. The number of pyridine rings is 1. The molecule has 2 aromatic rings. The molecule has 2 nitrogen and oxygen atoms in total. The van der Waals surface area contributed by atoms with E-state index in [0.29, 0.717) is 6.42 Å². The molecular formula is C28H36N2. The summed E-state index contributed by atoms with van der Waals surface area (Å²) < 4.78 is 0. The zero-order chi connectivity index (χ0) is 21.4. The van der Waals surface area contributed by atoms with Crippen LogP contribution in [0.3, 0.4) is 0 Å². The lowest BCUT2D eigenvalue weighted by molar-refractivity contribution is 0.536. The Morgan fingerprint density at radius 3 is 2.40 bits per heavy atom. The van der Waals surface area contributed by atoms with E-state index in [1.165, 1.54) is 60.1 Å². The Bertz CT molecular complexity index is 891. The van der Waals surface area contributed by atoms with E-state index in [9.17, 15) is 5.26 Å². The maximum absolute atomic E-state index is 10.2. The minimum Gasteiger partial charge on any atom is -0.256 e. The van der Waals surface area contributed by atoms with Gasteiger partial charge in [0.15, 0.2) is 0 Å².